The zero-order valence-corrected chi connectivity index (χ0v) is 7.89. The van der Waals surface area contributed by atoms with Crippen LogP contribution < -0.4 is 5.73 Å². The molecule has 1 aromatic heterocycles. The summed E-state index contributed by atoms with van der Waals surface area (Å²) in [7, 11) is 0. The number of carboxylic acid groups (broad SMARTS) is 1. The van der Waals surface area contributed by atoms with Gasteiger partial charge in [0, 0.05) is 0 Å². The van der Waals surface area contributed by atoms with E-state index in [0.29, 0.717) is 11.5 Å². The number of aliphatic carboxylic acids is 1. The number of aliphatic hydroxyl groups is 1. The monoisotopic (exact) mass is 200 g/mol. The van der Waals surface area contributed by atoms with Crippen LogP contribution in [-0.4, -0.2) is 27.2 Å². The Morgan fingerprint density at radius 2 is 2.14 bits per heavy atom. The van der Waals surface area contributed by atoms with Crippen molar-refractivity contribution in [3.8, 4) is 0 Å². The highest BCUT2D eigenvalue weighted by molar-refractivity contribution is 5.73. The van der Waals surface area contributed by atoms with E-state index in [1.165, 1.54) is 0 Å². The molecule has 6 nitrogen and oxygen atoms in total. The van der Waals surface area contributed by atoms with E-state index in [2.05, 4.69) is 4.98 Å². The van der Waals surface area contributed by atoms with Gasteiger partial charge in [-0.1, -0.05) is 0 Å². The van der Waals surface area contributed by atoms with Crippen molar-refractivity contribution in [2.45, 2.75) is 26.0 Å². The van der Waals surface area contributed by atoms with Gasteiger partial charge in [0.05, 0.1) is 5.69 Å². The normalized spacial score (nSPS) is 15.1. The molecule has 0 aliphatic heterocycles. The number of nitrogens with two attached hydrogens (primary N) is 1. The van der Waals surface area contributed by atoms with E-state index in [1.807, 2.05) is 0 Å². The van der Waals surface area contributed by atoms with Gasteiger partial charge in [-0.05, 0) is 13.8 Å². The minimum absolute atomic E-state index is 0.0603. The number of nitrogens with zero attached hydrogens (tertiary/aromatic N) is 1. The first-order chi connectivity index (χ1) is 6.43. The summed E-state index contributed by atoms with van der Waals surface area (Å²) in [5.74, 6) is -0.822. The second kappa shape index (κ2) is 3.77. The van der Waals surface area contributed by atoms with Crippen LogP contribution in [0.5, 0.6) is 0 Å². The summed E-state index contributed by atoms with van der Waals surface area (Å²) in [6, 6.07) is -1.42. The van der Waals surface area contributed by atoms with Gasteiger partial charge in [-0.3, -0.25) is 4.79 Å². The Bertz CT molecular complexity index is 328. The molecule has 1 heterocycles. The molecule has 4 N–H and O–H groups in total. The van der Waals surface area contributed by atoms with Crippen LogP contribution in [0.2, 0.25) is 0 Å². The molecule has 78 valence electrons. The second-order valence-corrected chi connectivity index (χ2v) is 3.00. The number of hydrogen-bond donors (Lipinski definition) is 3. The molecule has 6 heteroatoms. The van der Waals surface area contributed by atoms with E-state index in [0.717, 1.165) is 0 Å². The number of aliphatic hydroxyl groups excluding tert-OH is 1. The van der Waals surface area contributed by atoms with Gasteiger partial charge < -0.3 is 20.4 Å². The highest BCUT2D eigenvalue weighted by Gasteiger charge is 2.27. The Morgan fingerprint density at radius 3 is 2.50 bits per heavy atom. The van der Waals surface area contributed by atoms with Crippen molar-refractivity contribution < 1.29 is 19.4 Å². The maximum Gasteiger partial charge on any atom is 0.323 e. The topological polar surface area (TPSA) is 110 Å². The minimum Gasteiger partial charge on any atom is -0.480 e. The standard InChI is InChI=1S/C8H12N2O4/c1-3-4(2)14-7(10-3)6(11)5(9)8(12)13/h5-6,11H,9H2,1-2H3,(H,12,13). The Morgan fingerprint density at radius 1 is 1.57 bits per heavy atom. The summed E-state index contributed by atoms with van der Waals surface area (Å²) in [6.07, 6.45) is -1.42. The molecule has 0 fully saturated rings. The lowest BCUT2D eigenvalue weighted by Crippen LogP contribution is -2.36. The van der Waals surface area contributed by atoms with Crippen molar-refractivity contribution in [3.63, 3.8) is 0 Å². The van der Waals surface area contributed by atoms with Gasteiger partial charge in [0.15, 0.2) is 6.10 Å². The average Bonchev–Trinajstić information content (AvgIpc) is 2.44. The molecule has 0 saturated carbocycles. The van der Waals surface area contributed by atoms with Gasteiger partial charge in [0.25, 0.3) is 0 Å². The first-order valence-electron chi connectivity index (χ1n) is 4.04. The predicted molar refractivity (Wildman–Crippen MR) is 46.5 cm³/mol. The molecule has 14 heavy (non-hydrogen) atoms. The van der Waals surface area contributed by atoms with E-state index >= 15 is 0 Å². The van der Waals surface area contributed by atoms with Crippen molar-refractivity contribution in [1.29, 1.82) is 0 Å². The molecule has 0 aliphatic rings. The number of hydrogen-bond acceptors (Lipinski definition) is 5. The van der Waals surface area contributed by atoms with Crippen LogP contribution in [0, 0.1) is 13.8 Å². The molecule has 1 aromatic rings. The molecular weight excluding hydrogens is 188 g/mol. The van der Waals surface area contributed by atoms with Crippen LogP contribution in [-0.2, 0) is 4.79 Å². The Hall–Kier alpha value is -1.40. The highest BCUT2D eigenvalue weighted by atomic mass is 16.4. The fourth-order valence-electron chi connectivity index (χ4n) is 0.913. The third-order valence-corrected chi connectivity index (χ3v) is 1.92. The number of carboxylic acids is 1. The van der Waals surface area contributed by atoms with Gasteiger partial charge in [-0.25, -0.2) is 4.98 Å². The van der Waals surface area contributed by atoms with Crippen molar-refractivity contribution in [2.24, 2.45) is 5.73 Å². The van der Waals surface area contributed by atoms with E-state index in [1.54, 1.807) is 13.8 Å². The number of rotatable bonds is 3. The first-order valence-corrected chi connectivity index (χ1v) is 4.04. The van der Waals surface area contributed by atoms with Gasteiger partial charge >= 0.3 is 5.97 Å². The third kappa shape index (κ3) is 1.91. The van der Waals surface area contributed by atoms with Crippen molar-refractivity contribution in [3.05, 3.63) is 17.3 Å². The maximum absolute atomic E-state index is 10.5. The molecule has 2 atom stereocenters. The van der Waals surface area contributed by atoms with Crippen LogP contribution >= 0.6 is 0 Å². The Balaban J connectivity index is 2.89. The van der Waals surface area contributed by atoms with Gasteiger partial charge in [0.1, 0.15) is 11.8 Å². The summed E-state index contributed by atoms with van der Waals surface area (Å²) in [5, 5.41) is 18.0. The molecule has 0 radical (unpaired) electrons. The molecule has 1 rings (SSSR count). The summed E-state index contributed by atoms with van der Waals surface area (Å²) in [4.78, 5) is 14.3. The fraction of sp³-hybridized carbons (Fsp3) is 0.500. The predicted octanol–water partition coefficient (Wildman–Crippen LogP) is -0.263. The summed E-state index contributed by atoms with van der Waals surface area (Å²) >= 11 is 0. The lowest BCUT2D eigenvalue weighted by molar-refractivity contribution is -0.141. The molecule has 0 amide bonds. The third-order valence-electron chi connectivity index (χ3n) is 1.92. The van der Waals surface area contributed by atoms with Gasteiger partial charge in [0.2, 0.25) is 5.89 Å². The van der Waals surface area contributed by atoms with Crippen molar-refractivity contribution in [1.82, 2.24) is 4.98 Å². The lowest BCUT2D eigenvalue weighted by Gasteiger charge is -2.10. The summed E-state index contributed by atoms with van der Waals surface area (Å²) < 4.78 is 5.04. The number of aromatic nitrogens is 1. The molecule has 2 unspecified atom stereocenters. The molecule has 0 aliphatic carbocycles. The van der Waals surface area contributed by atoms with Crippen LogP contribution in [0.25, 0.3) is 0 Å². The van der Waals surface area contributed by atoms with Crippen LogP contribution in [0.3, 0.4) is 0 Å². The Kier molecular flexibility index (Phi) is 2.87. The number of carbonyl (C=O) groups is 1. The van der Waals surface area contributed by atoms with Crippen LogP contribution in [0.1, 0.15) is 23.4 Å². The van der Waals surface area contributed by atoms with Crippen molar-refractivity contribution >= 4 is 5.97 Å². The zero-order valence-electron chi connectivity index (χ0n) is 7.89. The average molecular weight is 200 g/mol. The molecule has 0 bridgehead atoms. The summed E-state index contributed by atoms with van der Waals surface area (Å²) in [6.45, 7) is 3.37. The minimum atomic E-state index is -1.42. The van der Waals surface area contributed by atoms with E-state index in [-0.39, 0.29) is 5.89 Å². The maximum atomic E-state index is 10.5. The largest absolute Gasteiger partial charge is 0.480 e. The van der Waals surface area contributed by atoms with Gasteiger partial charge in [-0.2, -0.15) is 0 Å². The highest BCUT2D eigenvalue weighted by Crippen LogP contribution is 2.18. The quantitative estimate of drug-likeness (QED) is 0.620. The smallest absolute Gasteiger partial charge is 0.323 e. The fourth-order valence-corrected chi connectivity index (χ4v) is 0.913. The second-order valence-electron chi connectivity index (χ2n) is 3.00. The van der Waals surface area contributed by atoms with E-state index < -0.39 is 18.1 Å². The number of oxazole rings is 1. The molecule has 0 aromatic carbocycles. The first kappa shape index (κ1) is 10.7. The van der Waals surface area contributed by atoms with Crippen molar-refractivity contribution in [2.75, 3.05) is 0 Å². The van der Waals surface area contributed by atoms with Crippen LogP contribution in [0.4, 0.5) is 0 Å². The van der Waals surface area contributed by atoms with E-state index in [9.17, 15) is 9.90 Å². The molecule has 0 spiro atoms. The van der Waals surface area contributed by atoms with Crippen LogP contribution in [0.15, 0.2) is 4.42 Å². The van der Waals surface area contributed by atoms with Gasteiger partial charge in [-0.15, -0.1) is 0 Å². The number of aryl methyl sites for hydroxylation is 2. The summed E-state index contributed by atoms with van der Waals surface area (Å²) in [5.41, 5.74) is 5.81. The Labute approximate surface area is 80.4 Å². The van der Waals surface area contributed by atoms with E-state index in [4.69, 9.17) is 15.3 Å². The lowest BCUT2D eigenvalue weighted by atomic mass is 10.2. The molecule has 0 saturated heterocycles. The molecular formula is C8H12N2O4. The zero-order chi connectivity index (χ0) is 10.9. The SMILES string of the molecule is Cc1nc(C(O)C(N)C(=O)O)oc1C.